The second-order valence-corrected chi connectivity index (χ2v) is 5.18. The predicted octanol–water partition coefficient (Wildman–Crippen LogP) is 3.03. The van der Waals surface area contributed by atoms with Gasteiger partial charge in [0, 0.05) is 12.1 Å². The summed E-state index contributed by atoms with van der Waals surface area (Å²) in [6.45, 7) is 7.20. The first-order valence-corrected chi connectivity index (χ1v) is 7.89. The minimum absolute atomic E-state index is 0.0756. The zero-order chi connectivity index (χ0) is 16.5. The molecule has 0 saturated heterocycles. The van der Waals surface area contributed by atoms with Crippen molar-refractivity contribution in [3.63, 3.8) is 0 Å². The van der Waals surface area contributed by atoms with Crippen LogP contribution in [-0.4, -0.2) is 30.8 Å². The van der Waals surface area contributed by atoms with Gasteiger partial charge in [-0.05, 0) is 50.8 Å². The van der Waals surface area contributed by atoms with E-state index < -0.39 is 11.9 Å². The Morgan fingerprint density at radius 3 is 2.41 bits per heavy atom. The molecule has 5 nitrogen and oxygen atoms in total. The summed E-state index contributed by atoms with van der Waals surface area (Å²) in [7, 11) is 0. The van der Waals surface area contributed by atoms with Gasteiger partial charge in [-0.2, -0.15) is 0 Å². The smallest absolute Gasteiger partial charge is 0.307 e. The average Bonchev–Trinajstić information content (AvgIpc) is 2.50. The number of benzene rings is 1. The molecular weight excluding hydrogens is 282 g/mol. The van der Waals surface area contributed by atoms with Gasteiger partial charge in [0.25, 0.3) is 0 Å². The number of rotatable bonds is 10. The monoisotopic (exact) mass is 309 g/mol. The van der Waals surface area contributed by atoms with E-state index in [4.69, 9.17) is 15.2 Å². The van der Waals surface area contributed by atoms with Crippen molar-refractivity contribution >= 4 is 5.97 Å². The minimum atomic E-state index is -0.847. The highest BCUT2D eigenvalue weighted by atomic mass is 16.5. The third-order valence-electron chi connectivity index (χ3n) is 3.73. The first-order chi connectivity index (χ1) is 10.6. The largest absolute Gasteiger partial charge is 0.494 e. The summed E-state index contributed by atoms with van der Waals surface area (Å²) in [5.74, 6) is 0.250. The molecule has 0 bridgehead atoms. The Labute approximate surface area is 132 Å². The van der Waals surface area contributed by atoms with Crippen LogP contribution in [0.25, 0.3) is 0 Å². The first-order valence-electron chi connectivity index (χ1n) is 7.89. The maximum Gasteiger partial charge on any atom is 0.307 e. The van der Waals surface area contributed by atoms with Crippen molar-refractivity contribution in [3.05, 3.63) is 23.8 Å². The molecule has 0 radical (unpaired) electrons. The van der Waals surface area contributed by atoms with Gasteiger partial charge in [0.2, 0.25) is 0 Å². The van der Waals surface area contributed by atoms with E-state index in [0.29, 0.717) is 19.6 Å². The van der Waals surface area contributed by atoms with Crippen LogP contribution in [0.4, 0.5) is 0 Å². The van der Waals surface area contributed by atoms with Crippen LogP contribution in [0.15, 0.2) is 18.2 Å². The quantitative estimate of drug-likeness (QED) is 0.694. The molecule has 1 aromatic rings. The Morgan fingerprint density at radius 2 is 1.91 bits per heavy atom. The van der Waals surface area contributed by atoms with Crippen LogP contribution in [0, 0.1) is 5.92 Å². The third-order valence-corrected chi connectivity index (χ3v) is 3.73. The SMILES string of the molecule is CCOc1ccc(OCC)c(C(CC)CC(CN)C(=O)O)c1. The fourth-order valence-electron chi connectivity index (χ4n) is 2.54. The first kappa shape index (κ1) is 18.3. The van der Waals surface area contributed by atoms with E-state index in [-0.39, 0.29) is 12.5 Å². The lowest BCUT2D eigenvalue weighted by molar-refractivity contribution is -0.141. The van der Waals surface area contributed by atoms with Gasteiger partial charge in [0.1, 0.15) is 11.5 Å². The molecule has 1 aromatic carbocycles. The highest BCUT2D eigenvalue weighted by Gasteiger charge is 2.24. The summed E-state index contributed by atoms with van der Waals surface area (Å²) in [5, 5.41) is 9.24. The number of aliphatic carboxylic acids is 1. The van der Waals surface area contributed by atoms with Crippen LogP contribution < -0.4 is 15.2 Å². The van der Waals surface area contributed by atoms with E-state index in [1.54, 1.807) is 0 Å². The summed E-state index contributed by atoms with van der Waals surface area (Å²) < 4.78 is 11.3. The minimum Gasteiger partial charge on any atom is -0.494 e. The second-order valence-electron chi connectivity index (χ2n) is 5.18. The van der Waals surface area contributed by atoms with Crippen molar-refractivity contribution in [1.29, 1.82) is 0 Å². The van der Waals surface area contributed by atoms with Gasteiger partial charge in [-0.25, -0.2) is 0 Å². The molecule has 2 unspecified atom stereocenters. The van der Waals surface area contributed by atoms with Crippen LogP contribution in [0.3, 0.4) is 0 Å². The molecule has 0 spiro atoms. The Balaban J connectivity index is 3.10. The van der Waals surface area contributed by atoms with Crippen LogP contribution in [-0.2, 0) is 4.79 Å². The lowest BCUT2D eigenvalue weighted by atomic mass is 9.86. The Bertz CT molecular complexity index is 476. The normalized spacial score (nSPS) is 13.5. The van der Waals surface area contributed by atoms with Crippen molar-refractivity contribution in [2.75, 3.05) is 19.8 Å². The number of carboxylic acids is 1. The molecule has 0 amide bonds. The van der Waals surface area contributed by atoms with Gasteiger partial charge >= 0.3 is 5.97 Å². The molecule has 0 saturated carbocycles. The molecule has 0 heterocycles. The molecule has 0 aromatic heterocycles. The fourth-order valence-corrected chi connectivity index (χ4v) is 2.54. The summed E-state index contributed by atoms with van der Waals surface area (Å²) in [5.41, 5.74) is 6.59. The van der Waals surface area contributed by atoms with E-state index in [0.717, 1.165) is 23.5 Å². The lowest BCUT2D eigenvalue weighted by Crippen LogP contribution is -2.25. The molecule has 22 heavy (non-hydrogen) atoms. The van der Waals surface area contributed by atoms with Gasteiger partial charge in [-0.3, -0.25) is 4.79 Å². The molecule has 0 aliphatic heterocycles. The molecule has 0 aliphatic rings. The highest BCUT2D eigenvalue weighted by molar-refractivity contribution is 5.70. The fraction of sp³-hybridized carbons (Fsp3) is 0.588. The van der Waals surface area contributed by atoms with Crippen LogP contribution in [0.1, 0.15) is 45.1 Å². The lowest BCUT2D eigenvalue weighted by Gasteiger charge is -2.22. The molecule has 0 aliphatic carbocycles. The average molecular weight is 309 g/mol. The number of nitrogens with two attached hydrogens (primary N) is 1. The Hall–Kier alpha value is -1.75. The zero-order valence-electron chi connectivity index (χ0n) is 13.7. The van der Waals surface area contributed by atoms with E-state index in [2.05, 4.69) is 0 Å². The number of carboxylic acid groups (broad SMARTS) is 1. The molecule has 2 atom stereocenters. The highest BCUT2D eigenvalue weighted by Crippen LogP contribution is 2.36. The maximum atomic E-state index is 11.3. The number of carbonyl (C=O) groups is 1. The summed E-state index contributed by atoms with van der Waals surface area (Å²) in [6.07, 6.45) is 1.32. The standard InChI is InChI=1S/C17H27NO4/c1-4-12(9-13(11-18)17(19)20)15-10-14(21-5-2)7-8-16(15)22-6-3/h7-8,10,12-13H,4-6,9,11,18H2,1-3H3,(H,19,20). The van der Waals surface area contributed by atoms with Crippen LogP contribution in [0.5, 0.6) is 11.5 Å². The molecule has 5 heteroatoms. The van der Waals surface area contributed by atoms with Gasteiger partial charge in [0.05, 0.1) is 19.1 Å². The van der Waals surface area contributed by atoms with Gasteiger partial charge < -0.3 is 20.3 Å². The summed E-state index contributed by atoms with van der Waals surface area (Å²) >= 11 is 0. The van der Waals surface area contributed by atoms with Crippen LogP contribution >= 0.6 is 0 Å². The molecule has 3 N–H and O–H groups in total. The maximum absolute atomic E-state index is 11.3. The third kappa shape index (κ3) is 4.91. The zero-order valence-corrected chi connectivity index (χ0v) is 13.7. The summed E-state index contributed by atoms with van der Waals surface area (Å²) in [4.78, 5) is 11.3. The van der Waals surface area contributed by atoms with Crippen molar-refractivity contribution < 1.29 is 19.4 Å². The predicted molar refractivity (Wildman–Crippen MR) is 86.6 cm³/mol. The topological polar surface area (TPSA) is 81.8 Å². The van der Waals surface area contributed by atoms with E-state index in [1.807, 2.05) is 39.0 Å². The molecular formula is C17H27NO4. The Kier molecular flexibility index (Phi) is 7.74. The van der Waals surface area contributed by atoms with Gasteiger partial charge in [-0.1, -0.05) is 6.92 Å². The number of hydrogen-bond donors (Lipinski definition) is 2. The van der Waals surface area contributed by atoms with Gasteiger partial charge in [-0.15, -0.1) is 0 Å². The van der Waals surface area contributed by atoms with E-state index in [1.165, 1.54) is 0 Å². The number of hydrogen-bond acceptors (Lipinski definition) is 4. The molecule has 1 rings (SSSR count). The van der Waals surface area contributed by atoms with Crippen molar-refractivity contribution in [2.24, 2.45) is 11.7 Å². The van der Waals surface area contributed by atoms with Crippen molar-refractivity contribution in [1.82, 2.24) is 0 Å². The number of ether oxygens (including phenoxy) is 2. The van der Waals surface area contributed by atoms with Crippen molar-refractivity contribution in [2.45, 2.75) is 39.5 Å². The Morgan fingerprint density at radius 1 is 1.23 bits per heavy atom. The summed E-state index contributed by atoms with van der Waals surface area (Å²) in [6, 6.07) is 5.73. The second kappa shape index (κ2) is 9.30. The molecule has 124 valence electrons. The van der Waals surface area contributed by atoms with E-state index in [9.17, 15) is 9.90 Å². The molecule has 0 fully saturated rings. The van der Waals surface area contributed by atoms with Gasteiger partial charge in [0.15, 0.2) is 0 Å². The van der Waals surface area contributed by atoms with E-state index >= 15 is 0 Å². The van der Waals surface area contributed by atoms with Crippen molar-refractivity contribution in [3.8, 4) is 11.5 Å². The van der Waals surface area contributed by atoms with Crippen LogP contribution in [0.2, 0.25) is 0 Å².